The van der Waals surface area contributed by atoms with Gasteiger partial charge in [-0.25, -0.2) is 14.5 Å². The fourth-order valence-electron chi connectivity index (χ4n) is 2.13. The summed E-state index contributed by atoms with van der Waals surface area (Å²) in [5.41, 5.74) is -10.2. The van der Waals surface area contributed by atoms with Gasteiger partial charge in [0.1, 0.15) is 5.56 Å². The van der Waals surface area contributed by atoms with E-state index >= 15 is 0 Å². The van der Waals surface area contributed by atoms with Gasteiger partial charge in [0.25, 0.3) is 0 Å². The van der Waals surface area contributed by atoms with Crippen molar-refractivity contribution in [2.24, 2.45) is 0 Å². The van der Waals surface area contributed by atoms with Crippen LogP contribution in [0.3, 0.4) is 0 Å². The summed E-state index contributed by atoms with van der Waals surface area (Å²) >= 11 is 0. The number of rotatable bonds is 5. The predicted octanol–water partition coefficient (Wildman–Crippen LogP) is 2.88. The molecule has 156 valence electrons. The minimum Gasteiger partial charge on any atom is -0.462 e. The largest absolute Gasteiger partial charge is 0.534 e. The number of hydrogen-bond donors (Lipinski definition) is 0. The Morgan fingerprint density at radius 1 is 1.18 bits per heavy atom. The van der Waals surface area contributed by atoms with Crippen molar-refractivity contribution in [2.75, 3.05) is 6.61 Å². The Balaban J connectivity index is 2.96. The van der Waals surface area contributed by atoms with Crippen molar-refractivity contribution in [3.05, 3.63) is 17.5 Å². The lowest BCUT2D eigenvalue weighted by Gasteiger charge is -2.17. The molecule has 0 unspecified atom stereocenters. The Kier molecular flexibility index (Phi) is 5.51. The summed E-state index contributed by atoms with van der Waals surface area (Å²) in [6, 6.07) is 0. The van der Waals surface area contributed by atoms with E-state index in [0.29, 0.717) is 0 Å². The smallest absolute Gasteiger partial charge is 0.462 e. The van der Waals surface area contributed by atoms with Crippen LogP contribution in [0.5, 0.6) is 5.75 Å². The lowest BCUT2D eigenvalue weighted by Crippen LogP contribution is -2.29. The third-order valence-corrected chi connectivity index (χ3v) is 4.21. The summed E-state index contributed by atoms with van der Waals surface area (Å²) in [6.07, 6.45) is -4.62. The quantitative estimate of drug-likeness (QED) is 0.308. The zero-order valence-corrected chi connectivity index (χ0v) is 14.9. The van der Waals surface area contributed by atoms with Gasteiger partial charge in [0.05, 0.1) is 18.2 Å². The molecule has 0 saturated heterocycles. The maximum absolute atomic E-state index is 13.4. The molecule has 0 aliphatic heterocycles. The molecule has 0 bridgehead atoms. The van der Waals surface area contributed by atoms with Crippen LogP contribution in [-0.2, 0) is 27.6 Å². The van der Waals surface area contributed by atoms with E-state index in [2.05, 4.69) is 19.0 Å². The third kappa shape index (κ3) is 3.83. The van der Waals surface area contributed by atoms with E-state index in [1.54, 1.807) is 0 Å². The van der Waals surface area contributed by atoms with Crippen LogP contribution >= 0.6 is 0 Å². The van der Waals surface area contributed by atoms with Gasteiger partial charge in [-0.2, -0.15) is 39.9 Å². The molecule has 0 aromatic carbocycles. The van der Waals surface area contributed by atoms with Crippen molar-refractivity contribution in [2.45, 2.75) is 32.1 Å². The summed E-state index contributed by atoms with van der Waals surface area (Å²) < 4.78 is 110. The van der Waals surface area contributed by atoms with Gasteiger partial charge in [-0.3, -0.25) is 0 Å². The fourth-order valence-corrected chi connectivity index (χ4v) is 2.62. The number of esters is 1. The van der Waals surface area contributed by atoms with Crippen molar-refractivity contribution in [3.63, 3.8) is 0 Å². The van der Waals surface area contributed by atoms with Crippen LogP contribution in [0.25, 0.3) is 11.0 Å². The van der Waals surface area contributed by atoms with E-state index in [9.17, 15) is 39.6 Å². The second-order valence-electron chi connectivity index (χ2n) is 5.06. The number of pyridine rings is 1. The van der Waals surface area contributed by atoms with E-state index in [-0.39, 0.29) is 6.54 Å². The molecular weight excluding hydrogens is 424 g/mol. The average molecular weight is 435 g/mol. The number of carbonyl (C=O) groups is 1. The zero-order valence-electron chi connectivity index (χ0n) is 14.1. The highest BCUT2D eigenvalue weighted by molar-refractivity contribution is 7.88. The molecule has 15 heteroatoms. The molecule has 0 saturated carbocycles. The maximum atomic E-state index is 13.4. The lowest BCUT2D eigenvalue weighted by atomic mass is 10.1. The Morgan fingerprint density at radius 2 is 1.79 bits per heavy atom. The van der Waals surface area contributed by atoms with Crippen molar-refractivity contribution in [1.29, 1.82) is 0 Å². The molecule has 2 heterocycles. The number of aromatic nitrogens is 3. The molecule has 0 aliphatic carbocycles. The first-order chi connectivity index (χ1) is 12.7. The molecule has 28 heavy (non-hydrogen) atoms. The highest BCUT2D eigenvalue weighted by Gasteiger charge is 2.50. The number of carbonyl (C=O) groups excluding carboxylic acids is 1. The molecule has 0 fully saturated rings. The summed E-state index contributed by atoms with van der Waals surface area (Å²) in [7, 11) is -6.41. The first kappa shape index (κ1) is 21.7. The van der Waals surface area contributed by atoms with Crippen LogP contribution < -0.4 is 4.18 Å². The van der Waals surface area contributed by atoms with Gasteiger partial charge in [-0.1, -0.05) is 0 Å². The van der Waals surface area contributed by atoms with Gasteiger partial charge in [0.15, 0.2) is 17.1 Å². The van der Waals surface area contributed by atoms with Gasteiger partial charge in [-0.05, 0) is 13.8 Å². The molecule has 8 nitrogen and oxygen atoms in total. The molecule has 0 aliphatic rings. The van der Waals surface area contributed by atoms with Gasteiger partial charge in [-0.15, -0.1) is 0 Å². The molecule has 0 spiro atoms. The third-order valence-electron chi connectivity index (χ3n) is 3.26. The number of alkyl halides is 6. The Labute approximate surface area is 153 Å². The average Bonchev–Trinajstić information content (AvgIpc) is 2.95. The van der Waals surface area contributed by atoms with Crippen LogP contribution in [0.1, 0.15) is 29.9 Å². The first-order valence-electron chi connectivity index (χ1n) is 7.39. The van der Waals surface area contributed by atoms with E-state index in [0.717, 1.165) is 10.9 Å². The standard InChI is InChI=1S/C13H11F6N3O5S/c1-3-22-10-6(5-20-22)8(27-28(24,25)13(17,18)19)7(11(23)26-4-2)9(21-10)12(14,15)16/h5H,3-4H2,1-2H3. The number of aryl methyl sites for hydroxylation is 1. The van der Waals surface area contributed by atoms with Crippen molar-refractivity contribution in [3.8, 4) is 5.75 Å². The molecule has 0 N–H and O–H groups in total. The summed E-state index contributed by atoms with van der Waals surface area (Å²) in [6.45, 7) is 2.15. The number of fused-ring (bicyclic) bond motifs is 1. The highest BCUT2D eigenvalue weighted by atomic mass is 32.2. The zero-order chi connectivity index (χ0) is 21.5. The molecule has 0 atom stereocenters. The van der Waals surface area contributed by atoms with Crippen molar-refractivity contribution < 1.29 is 48.5 Å². The molecule has 2 aromatic rings. The summed E-state index contributed by atoms with van der Waals surface area (Å²) in [4.78, 5) is 15.3. The lowest BCUT2D eigenvalue weighted by molar-refractivity contribution is -0.141. The minimum absolute atomic E-state index is 0.0575. The van der Waals surface area contributed by atoms with E-state index in [4.69, 9.17) is 0 Å². The SMILES string of the molecule is CCOC(=O)c1c(C(F)(F)F)nc2c(cnn2CC)c1OS(=O)(=O)C(F)(F)F. The Bertz CT molecular complexity index is 1010. The number of halogens is 6. The highest BCUT2D eigenvalue weighted by Crippen LogP contribution is 2.41. The molecule has 2 rings (SSSR count). The number of hydrogen-bond acceptors (Lipinski definition) is 7. The normalized spacial score (nSPS) is 13.0. The minimum atomic E-state index is -6.41. The summed E-state index contributed by atoms with van der Waals surface area (Å²) in [5.74, 6) is -3.28. The Hall–Kier alpha value is -2.58. The van der Waals surface area contributed by atoms with Crippen LogP contribution in [0.4, 0.5) is 26.3 Å². The van der Waals surface area contributed by atoms with E-state index in [1.807, 2.05) is 0 Å². The van der Waals surface area contributed by atoms with Crippen molar-refractivity contribution in [1.82, 2.24) is 14.8 Å². The molecule has 0 amide bonds. The van der Waals surface area contributed by atoms with Gasteiger partial charge >= 0.3 is 27.8 Å². The summed E-state index contributed by atoms with van der Waals surface area (Å²) in [5, 5.41) is 2.97. The second kappa shape index (κ2) is 7.10. The first-order valence-corrected chi connectivity index (χ1v) is 8.80. The molecule has 0 radical (unpaired) electrons. The van der Waals surface area contributed by atoms with Crippen LogP contribution in [-0.4, -0.2) is 41.3 Å². The van der Waals surface area contributed by atoms with Crippen LogP contribution in [0, 0.1) is 0 Å². The van der Waals surface area contributed by atoms with Crippen LogP contribution in [0.2, 0.25) is 0 Å². The second-order valence-corrected chi connectivity index (χ2v) is 6.60. The van der Waals surface area contributed by atoms with E-state index < -0.39 is 62.4 Å². The Morgan fingerprint density at radius 3 is 2.25 bits per heavy atom. The predicted molar refractivity (Wildman–Crippen MR) is 79.8 cm³/mol. The van der Waals surface area contributed by atoms with Crippen LogP contribution in [0.15, 0.2) is 6.20 Å². The monoisotopic (exact) mass is 435 g/mol. The topological polar surface area (TPSA) is 100 Å². The van der Waals surface area contributed by atoms with E-state index in [1.165, 1.54) is 13.8 Å². The number of nitrogens with zero attached hydrogens (tertiary/aromatic N) is 3. The molecule has 2 aromatic heterocycles. The van der Waals surface area contributed by atoms with Crippen molar-refractivity contribution >= 4 is 27.1 Å². The van der Waals surface area contributed by atoms with Gasteiger partial charge in [0.2, 0.25) is 0 Å². The maximum Gasteiger partial charge on any atom is 0.534 e. The van der Waals surface area contributed by atoms with Gasteiger partial charge < -0.3 is 8.92 Å². The van der Waals surface area contributed by atoms with Gasteiger partial charge in [0, 0.05) is 6.54 Å². The molecular formula is C13H11F6N3O5S. The fraction of sp³-hybridized carbons (Fsp3) is 0.462. The number of ether oxygens (including phenoxy) is 1.